The van der Waals surface area contributed by atoms with Gasteiger partial charge in [-0.25, -0.2) is 9.78 Å². The van der Waals surface area contributed by atoms with Crippen molar-refractivity contribution in [2.45, 2.75) is 20.0 Å². The van der Waals surface area contributed by atoms with Crippen LogP contribution in [0.15, 0.2) is 46.9 Å². The van der Waals surface area contributed by atoms with Crippen molar-refractivity contribution < 1.29 is 13.9 Å². The number of ether oxygens (including phenoxy) is 1. The molecule has 1 aliphatic heterocycles. The Bertz CT molecular complexity index is 975. The molecule has 2 amide bonds. The molecule has 3 aromatic rings. The number of carbonyl (C=O) groups excluding carboxylic acids is 1. The van der Waals surface area contributed by atoms with Crippen molar-refractivity contribution in [1.29, 1.82) is 0 Å². The van der Waals surface area contributed by atoms with Crippen molar-refractivity contribution in [3.05, 3.63) is 59.5 Å². The second-order valence-electron chi connectivity index (χ2n) is 7.35. The molecule has 1 fully saturated rings. The van der Waals surface area contributed by atoms with Gasteiger partial charge in [0.1, 0.15) is 11.3 Å². The van der Waals surface area contributed by atoms with E-state index in [9.17, 15) is 4.79 Å². The monoisotopic (exact) mass is 394 g/mol. The molecule has 1 aromatic heterocycles. The van der Waals surface area contributed by atoms with Crippen LogP contribution in [-0.2, 0) is 13.1 Å². The Labute approximate surface area is 170 Å². The topological polar surface area (TPSA) is 70.8 Å². The third-order valence-corrected chi connectivity index (χ3v) is 5.21. The van der Waals surface area contributed by atoms with E-state index in [1.54, 1.807) is 7.11 Å². The van der Waals surface area contributed by atoms with Crippen LogP contribution in [0.4, 0.5) is 4.79 Å². The van der Waals surface area contributed by atoms with Crippen molar-refractivity contribution in [2.24, 2.45) is 0 Å². The van der Waals surface area contributed by atoms with Crippen molar-refractivity contribution in [2.75, 3.05) is 33.3 Å². The van der Waals surface area contributed by atoms with Gasteiger partial charge in [-0.1, -0.05) is 18.2 Å². The minimum Gasteiger partial charge on any atom is -0.497 e. The summed E-state index contributed by atoms with van der Waals surface area (Å²) in [5.74, 6) is 1.54. The largest absolute Gasteiger partial charge is 0.497 e. The lowest BCUT2D eigenvalue weighted by molar-refractivity contribution is 0.129. The molecule has 1 aliphatic rings. The Hall–Kier alpha value is -3.06. The molecule has 0 radical (unpaired) electrons. The number of nitrogens with zero attached hydrogens (tertiary/aromatic N) is 3. The highest BCUT2D eigenvalue weighted by Gasteiger charge is 2.22. The second-order valence-corrected chi connectivity index (χ2v) is 7.35. The minimum absolute atomic E-state index is 0.0298. The Morgan fingerprint density at radius 3 is 2.62 bits per heavy atom. The van der Waals surface area contributed by atoms with Gasteiger partial charge >= 0.3 is 6.03 Å². The molecule has 1 N–H and O–H groups in total. The number of methoxy groups -OCH3 is 1. The van der Waals surface area contributed by atoms with Gasteiger partial charge in [-0.2, -0.15) is 0 Å². The number of benzene rings is 2. The van der Waals surface area contributed by atoms with Gasteiger partial charge in [0.05, 0.1) is 13.7 Å². The van der Waals surface area contributed by atoms with E-state index in [2.05, 4.69) is 15.2 Å². The van der Waals surface area contributed by atoms with Gasteiger partial charge in [0, 0.05) is 32.7 Å². The molecule has 7 heteroatoms. The van der Waals surface area contributed by atoms with Gasteiger partial charge in [0.15, 0.2) is 5.58 Å². The number of rotatable bonds is 5. The Morgan fingerprint density at radius 2 is 1.90 bits per heavy atom. The van der Waals surface area contributed by atoms with Gasteiger partial charge in [-0.05, 0) is 42.3 Å². The summed E-state index contributed by atoms with van der Waals surface area (Å²) >= 11 is 0. The lowest BCUT2D eigenvalue weighted by atomic mass is 10.2. The maximum atomic E-state index is 12.4. The molecule has 152 valence electrons. The number of hydrogen-bond acceptors (Lipinski definition) is 5. The van der Waals surface area contributed by atoms with Crippen molar-refractivity contribution in [3.63, 3.8) is 0 Å². The fourth-order valence-corrected chi connectivity index (χ4v) is 3.48. The molecule has 0 atom stereocenters. The quantitative estimate of drug-likeness (QED) is 0.720. The van der Waals surface area contributed by atoms with E-state index in [1.807, 2.05) is 54.3 Å². The minimum atomic E-state index is -0.0298. The fraction of sp³-hybridized carbons (Fsp3) is 0.364. The van der Waals surface area contributed by atoms with Crippen molar-refractivity contribution in [3.8, 4) is 5.75 Å². The van der Waals surface area contributed by atoms with E-state index in [4.69, 9.17) is 9.15 Å². The molecule has 0 bridgehead atoms. The summed E-state index contributed by atoms with van der Waals surface area (Å²) in [5, 5.41) is 2.99. The summed E-state index contributed by atoms with van der Waals surface area (Å²) in [4.78, 5) is 21.1. The maximum Gasteiger partial charge on any atom is 0.317 e. The van der Waals surface area contributed by atoms with Crippen LogP contribution in [0.5, 0.6) is 5.75 Å². The van der Waals surface area contributed by atoms with Crippen LogP contribution in [0.3, 0.4) is 0 Å². The van der Waals surface area contributed by atoms with Crippen LogP contribution in [0.2, 0.25) is 0 Å². The first-order valence-electron chi connectivity index (χ1n) is 9.85. The van der Waals surface area contributed by atoms with Gasteiger partial charge in [-0.3, -0.25) is 4.90 Å². The van der Waals surface area contributed by atoms with Crippen LogP contribution in [0.1, 0.15) is 17.0 Å². The number of urea groups is 1. The molecule has 0 aliphatic carbocycles. The zero-order valence-corrected chi connectivity index (χ0v) is 16.9. The predicted octanol–water partition coefficient (Wildman–Crippen LogP) is 3.17. The first-order valence-corrected chi connectivity index (χ1v) is 9.85. The molecule has 0 saturated carbocycles. The fourth-order valence-electron chi connectivity index (χ4n) is 3.48. The second kappa shape index (κ2) is 8.53. The summed E-state index contributed by atoms with van der Waals surface area (Å²) in [5.41, 5.74) is 3.93. The maximum absolute atomic E-state index is 12.4. The summed E-state index contributed by atoms with van der Waals surface area (Å²) in [6, 6.07) is 13.7. The van der Waals surface area contributed by atoms with Crippen LogP contribution in [-0.4, -0.2) is 54.1 Å². The molecule has 4 rings (SSSR count). The van der Waals surface area contributed by atoms with E-state index in [1.165, 1.54) is 0 Å². The molecule has 29 heavy (non-hydrogen) atoms. The Balaban J connectivity index is 1.25. The van der Waals surface area contributed by atoms with Crippen LogP contribution in [0.25, 0.3) is 11.1 Å². The summed E-state index contributed by atoms with van der Waals surface area (Å²) in [6.07, 6.45) is 0. The van der Waals surface area contributed by atoms with Crippen molar-refractivity contribution >= 4 is 17.1 Å². The van der Waals surface area contributed by atoms with E-state index in [0.717, 1.165) is 47.0 Å². The van der Waals surface area contributed by atoms with Crippen molar-refractivity contribution in [1.82, 2.24) is 20.1 Å². The number of aryl methyl sites for hydroxylation is 1. The average molecular weight is 394 g/mol. The van der Waals surface area contributed by atoms with Crippen LogP contribution < -0.4 is 10.1 Å². The highest BCUT2D eigenvalue weighted by molar-refractivity contribution is 5.74. The van der Waals surface area contributed by atoms with E-state index >= 15 is 0 Å². The molecule has 2 heterocycles. The predicted molar refractivity (Wildman–Crippen MR) is 111 cm³/mol. The molecular weight excluding hydrogens is 368 g/mol. The first-order chi connectivity index (χ1) is 14.1. The summed E-state index contributed by atoms with van der Waals surface area (Å²) in [6.45, 7) is 6.18. The third kappa shape index (κ3) is 4.68. The molecule has 7 nitrogen and oxygen atoms in total. The Kier molecular flexibility index (Phi) is 5.67. The number of nitrogens with one attached hydrogen (secondary N) is 1. The smallest absolute Gasteiger partial charge is 0.317 e. The summed E-state index contributed by atoms with van der Waals surface area (Å²) in [7, 11) is 1.64. The Morgan fingerprint density at radius 1 is 1.14 bits per heavy atom. The normalized spacial score (nSPS) is 14.9. The molecular formula is C22H26N4O3. The molecule has 0 spiro atoms. The molecule has 0 unspecified atom stereocenters. The van der Waals surface area contributed by atoms with E-state index < -0.39 is 0 Å². The number of aromatic nitrogens is 1. The van der Waals surface area contributed by atoms with E-state index in [0.29, 0.717) is 26.2 Å². The van der Waals surface area contributed by atoms with Gasteiger partial charge in [-0.15, -0.1) is 0 Å². The summed E-state index contributed by atoms with van der Waals surface area (Å²) < 4.78 is 11.0. The highest BCUT2D eigenvalue weighted by Crippen LogP contribution is 2.18. The lowest BCUT2D eigenvalue weighted by Crippen LogP contribution is -2.51. The third-order valence-electron chi connectivity index (χ3n) is 5.21. The standard InChI is InChI=1S/C22H26N4O3/c1-16-3-8-19-20(13-16)29-21(24-19)15-25-9-11-26(12-10-25)22(27)23-14-17-4-6-18(28-2)7-5-17/h3-8,13H,9-12,14-15H2,1-2H3,(H,23,27). The average Bonchev–Trinajstić information content (AvgIpc) is 3.14. The number of carbonyl (C=O) groups is 1. The van der Waals surface area contributed by atoms with Crippen LogP contribution >= 0.6 is 0 Å². The molecule has 1 saturated heterocycles. The molecule has 2 aromatic carbocycles. The number of fused-ring (bicyclic) bond motifs is 1. The SMILES string of the molecule is COc1ccc(CNC(=O)N2CCN(Cc3nc4ccc(C)cc4o3)CC2)cc1. The number of piperazine rings is 1. The van der Waals surface area contributed by atoms with E-state index in [-0.39, 0.29) is 6.03 Å². The number of hydrogen-bond donors (Lipinski definition) is 1. The van der Waals surface area contributed by atoms with Crippen LogP contribution in [0, 0.1) is 6.92 Å². The lowest BCUT2D eigenvalue weighted by Gasteiger charge is -2.34. The highest BCUT2D eigenvalue weighted by atomic mass is 16.5. The van der Waals surface area contributed by atoms with Gasteiger partial charge in [0.2, 0.25) is 5.89 Å². The van der Waals surface area contributed by atoms with Gasteiger partial charge < -0.3 is 19.4 Å². The number of oxazole rings is 1. The number of amides is 2. The zero-order valence-electron chi connectivity index (χ0n) is 16.9. The zero-order chi connectivity index (χ0) is 20.2. The van der Waals surface area contributed by atoms with Gasteiger partial charge in [0.25, 0.3) is 0 Å². The first kappa shape index (κ1) is 19.3.